The minimum Gasteiger partial charge on any atom is -0.330 e. The first kappa shape index (κ1) is 12.2. The Morgan fingerprint density at radius 1 is 1.44 bits per heavy atom. The minimum absolute atomic E-state index is 0.407. The van der Waals surface area contributed by atoms with E-state index < -0.39 is 0 Å². The van der Waals surface area contributed by atoms with Crippen molar-refractivity contribution < 1.29 is 0 Å². The van der Waals surface area contributed by atoms with Crippen molar-refractivity contribution in [2.75, 3.05) is 20.6 Å². The summed E-state index contributed by atoms with van der Waals surface area (Å²) in [5.74, 6) is 0. The number of hydrogen-bond donors (Lipinski definition) is 1. The molecule has 2 aliphatic rings. The molecule has 1 aromatic heterocycles. The minimum atomic E-state index is 0.407. The molecule has 0 amide bonds. The van der Waals surface area contributed by atoms with Gasteiger partial charge in [0.1, 0.15) is 0 Å². The second-order valence-electron chi connectivity index (χ2n) is 6.10. The fraction of sp³-hybridized carbons (Fsp3) is 0.786. The van der Waals surface area contributed by atoms with Crippen molar-refractivity contribution >= 4 is 0 Å². The summed E-state index contributed by atoms with van der Waals surface area (Å²) >= 11 is 0. The van der Waals surface area contributed by atoms with Crippen molar-refractivity contribution in [2.24, 2.45) is 0 Å². The Labute approximate surface area is 109 Å². The third kappa shape index (κ3) is 2.19. The number of nitrogens with zero attached hydrogens (tertiary/aromatic N) is 3. The highest BCUT2D eigenvalue weighted by molar-refractivity contribution is 5.04. The molecule has 18 heavy (non-hydrogen) atoms. The summed E-state index contributed by atoms with van der Waals surface area (Å²) in [7, 11) is 4.41. The van der Waals surface area contributed by atoms with Crippen LogP contribution in [0.4, 0.5) is 0 Å². The van der Waals surface area contributed by atoms with Gasteiger partial charge in [-0.25, -0.2) is 4.98 Å². The van der Waals surface area contributed by atoms with Crippen molar-refractivity contribution in [3.05, 3.63) is 18.2 Å². The molecule has 2 fully saturated rings. The van der Waals surface area contributed by atoms with Crippen LogP contribution in [0.5, 0.6) is 0 Å². The average molecular weight is 248 g/mol. The SMILES string of the molecule is CN(C)C1(CNCc2cncn2C2CC2)CCC1. The molecule has 0 saturated heterocycles. The van der Waals surface area contributed by atoms with E-state index in [9.17, 15) is 0 Å². The molecular formula is C14H24N4. The van der Waals surface area contributed by atoms with Gasteiger partial charge in [-0.1, -0.05) is 0 Å². The van der Waals surface area contributed by atoms with E-state index in [1.54, 1.807) is 0 Å². The van der Waals surface area contributed by atoms with Gasteiger partial charge in [-0.2, -0.15) is 0 Å². The smallest absolute Gasteiger partial charge is 0.0951 e. The highest BCUT2D eigenvalue weighted by Gasteiger charge is 2.38. The molecule has 3 rings (SSSR count). The third-order valence-corrected chi connectivity index (χ3v) is 4.68. The van der Waals surface area contributed by atoms with Crippen molar-refractivity contribution in [3.8, 4) is 0 Å². The molecule has 4 heteroatoms. The fourth-order valence-corrected chi connectivity index (χ4v) is 2.94. The van der Waals surface area contributed by atoms with Crippen LogP contribution in [0.3, 0.4) is 0 Å². The van der Waals surface area contributed by atoms with Gasteiger partial charge in [0, 0.05) is 30.9 Å². The number of imidazole rings is 1. The number of nitrogens with one attached hydrogen (secondary N) is 1. The third-order valence-electron chi connectivity index (χ3n) is 4.68. The molecule has 100 valence electrons. The first-order chi connectivity index (χ1) is 8.71. The molecule has 0 atom stereocenters. The van der Waals surface area contributed by atoms with Gasteiger partial charge in [-0.3, -0.25) is 0 Å². The summed E-state index contributed by atoms with van der Waals surface area (Å²) in [4.78, 5) is 6.67. The normalized spacial score (nSPS) is 22.2. The van der Waals surface area contributed by atoms with Crippen LogP contribution in [-0.4, -0.2) is 40.6 Å². The Morgan fingerprint density at radius 3 is 2.78 bits per heavy atom. The lowest BCUT2D eigenvalue weighted by Crippen LogP contribution is -2.56. The zero-order valence-electron chi connectivity index (χ0n) is 11.5. The summed E-state index contributed by atoms with van der Waals surface area (Å²) in [6, 6.07) is 0.732. The van der Waals surface area contributed by atoms with Gasteiger partial charge in [0.15, 0.2) is 0 Å². The van der Waals surface area contributed by atoms with E-state index in [1.807, 2.05) is 12.5 Å². The quantitative estimate of drug-likeness (QED) is 0.833. The van der Waals surface area contributed by atoms with Crippen molar-refractivity contribution in [3.63, 3.8) is 0 Å². The predicted molar refractivity (Wildman–Crippen MR) is 72.5 cm³/mol. The molecule has 0 unspecified atom stereocenters. The first-order valence-electron chi connectivity index (χ1n) is 7.10. The molecule has 4 nitrogen and oxygen atoms in total. The van der Waals surface area contributed by atoms with Crippen LogP contribution in [0, 0.1) is 0 Å². The first-order valence-corrected chi connectivity index (χ1v) is 7.10. The molecule has 2 aliphatic carbocycles. The van der Waals surface area contributed by atoms with Gasteiger partial charge < -0.3 is 14.8 Å². The highest BCUT2D eigenvalue weighted by Crippen LogP contribution is 2.36. The second kappa shape index (κ2) is 4.67. The maximum absolute atomic E-state index is 4.28. The van der Waals surface area contributed by atoms with Crippen LogP contribution in [-0.2, 0) is 6.54 Å². The number of likely N-dealkylation sites (N-methyl/N-ethyl adjacent to an activating group) is 1. The summed E-state index contributed by atoms with van der Waals surface area (Å²) in [6.07, 6.45) is 10.7. The highest BCUT2D eigenvalue weighted by atomic mass is 15.2. The predicted octanol–water partition coefficient (Wildman–Crippen LogP) is 1.79. The summed E-state index contributed by atoms with van der Waals surface area (Å²) in [6.45, 7) is 2.04. The molecule has 0 bridgehead atoms. The maximum Gasteiger partial charge on any atom is 0.0951 e. The standard InChI is InChI=1S/C14H24N4/c1-17(2)14(6-3-7-14)10-15-8-13-9-16-11-18(13)12-4-5-12/h9,11-12,15H,3-8,10H2,1-2H3. The molecule has 1 N–H and O–H groups in total. The van der Waals surface area contributed by atoms with E-state index in [2.05, 4.69) is 33.9 Å². The van der Waals surface area contributed by atoms with Crippen LogP contribution < -0.4 is 5.32 Å². The fourth-order valence-electron chi connectivity index (χ4n) is 2.94. The van der Waals surface area contributed by atoms with Gasteiger partial charge in [-0.15, -0.1) is 0 Å². The lowest BCUT2D eigenvalue weighted by atomic mass is 9.75. The largest absolute Gasteiger partial charge is 0.330 e. The Bertz CT molecular complexity index is 402. The second-order valence-corrected chi connectivity index (χ2v) is 6.10. The monoisotopic (exact) mass is 248 g/mol. The summed E-state index contributed by atoms with van der Waals surface area (Å²) in [5.41, 5.74) is 1.75. The van der Waals surface area contributed by atoms with E-state index in [0.29, 0.717) is 5.54 Å². The van der Waals surface area contributed by atoms with Crippen LogP contribution in [0.1, 0.15) is 43.8 Å². The van der Waals surface area contributed by atoms with E-state index >= 15 is 0 Å². The zero-order chi connectivity index (χ0) is 12.6. The van der Waals surface area contributed by atoms with Crippen LogP contribution in [0.25, 0.3) is 0 Å². The molecular weight excluding hydrogens is 224 g/mol. The Balaban J connectivity index is 1.53. The van der Waals surface area contributed by atoms with E-state index in [1.165, 1.54) is 37.8 Å². The molecule has 0 aliphatic heterocycles. The van der Waals surface area contributed by atoms with Gasteiger partial charge in [0.05, 0.1) is 12.0 Å². The van der Waals surface area contributed by atoms with Crippen LogP contribution in [0.2, 0.25) is 0 Å². The summed E-state index contributed by atoms with van der Waals surface area (Å²) in [5, 5.41) is 3.63. The molecule has 0 spiro atoms. The molecule has 1 aromatic rings. The van der Waals surface area contributed by atoms with E-state index in [0.717, 1.165) is 19.1 Å². The van der Waals surface area contributed by atoms with Crippen molar-refractivity contribution in [1.82, 2.24) is 19.8 Å². The van der Waals surface area contributed by atoms with Gasteiger partial charge in [0.25, 0.3) is 0 Å². The van der Waals surface area contributed by atoms with Gasteiger partial charge in [0.2, 0.25) is 0 Å². The van der Waals surface area contributed by atoms with Crippen molar-refractivity contribution in [2.45, 2.75) is 50.2 Å². The maximum atomic E-state index is 4.28. The average Bonchev–Trinajstić information content (AvgIpc) is 3.02. The Kier molecular flexibility index (Phi) is 3.16. The van der Waals surface area contributed by atoms with Gasteiger partial charge in [-0.05, 0) is 46.2 Å². The van der Waals surface area contributed by atoms with Crippen LogP contribution in [0.15, 0.2) is 12.5 Å². The van der Waals surface area contributed by atoms with E-state index in [-0.39, 0.29) is 0 Å². The Hall–Kier alpha value is -0.870. The Morgan fingerprint density at radius 2 is 2.22 bits per heavy atom. The lowest BCUT2D eigenvalue weighted by Gasteiger charge is -2.47. The molecule has 0 aromatic carbocycles. The number of aromatic nitrogens is 2. The summed E-state index contributed by atoms with van der Waals surface area (Å²) < 4.78 is 2.34. The lowest BCUT2D eigenvalue weighted by molar-refractivity contribution is 0.0596. The molecule has 2 saturated carbocycles. The topological polar surface area (TPSA) is 33.1 Å². The number of rotatable bonds is 6. The van der Waals surface area contributed by atoms with Crippen molar-refractivity contribution in [1.29, 1.82) is 0 Å². The molecule has 0 radical (unpaired) electrons. The van der Waals surface area contributed by atoms with E-state index in [4.69, 9.17) is 0 Å². The number of hydrogen-bond acceptors (Lipinski definition) is 3. The zero-order valence-corrected chi connectivity index (χ0v) is 11.5. The molecule has 1 heterocycles. The van der Waals surface area contributed by atoms with Crippen LogP contribution >= 0.6 is 0 Å². The van der Waals surface area contributed by atoms with Gasteiger partial charge >= 0.3 is 0 Å².